The zero-order chi connectivity index (χ0) is 14.8. The van der Waals surface area contributed by atoms with Crippen LogP contribution in [0.3, 0.4) is 0 Å². The quantitative estimate of drug-likeness (QED) is 0.672. The molecule has 0 spiro atoms. The summed E-state index contributed by atoms with van der Waals surface area (Å²) in [4.78, 5) is 2.62. The molecule has 0 amide bonds. The molecular formula is C20H23NO. The van der Waals surface area contributed by atoms with E-state index in [2.05, 4.69) is 41.3 Å². The first-order chi connectivity index (χ1) is 10.9. The van der Waals surface area contributed by atoms with Gasteiger partial charge in [0, 0.05) is 10.8 Å². The van der Waals surface area contributed by atoms with Crippen molar-refractivity contribution in [1.82, 2.24) is 4.90 Å². The Labute approximate surface area is 131 Å². The first kappa shape index (κ1) is 13.8. The van der Waals surface area contributed by atoms with E-state index in [1.54, 1.807) is 0 Å². The molecule has 0 bridgehead atoms. The summed E-state index contributed by atoms with van der Waals surface area (Å²) in [7, 11) is 0. The molecule has 3 aromatic rings. The lowest BCUT2D eigenvalue weighted by atomic mass is 10.0. The molecule has 2 aromatic carbocycles. The Balaban J connectivity index is 1.56. The number of likely N-dealkylation sites (tertiary alicyclic amines) is 1. The molecule has 2 heteroatoms. The topological polar surface area (TPSA) is 16.4 Å². The molecule has 114 valence electrons. The van der Waals surface area contributed by atoms with Gasteiger partial charge in [-0.1, -0.05) is 36.8 Å². The molecule has 0 N–H and O–H groups in total. The highest BCUT2D eigenvalue weighted by molar-refractivity contribution is 6.06. The van der Waals surface area contributed by atoms with Gasteiger partial charge >= 0.3 is 0 Å². The van der Waals surface area contributed by atoms with Crippen LogP contribution in [0.5, 0.6) is 0 Å². The minimum atomic E-state index is 1.00. The van der Waals surface area contributed by atoms with Crippen molar-refractivity contribution in [1.29, 1.82) is 0 Å². The molecule has 1 fully saturated rings. The molecule has 1 aliphatic heterocycles. The maximum absolute atomic E-state index is 5.98. The Morgan fingerprint density at radius 3 is 2.59 bits per heavy atom. The fraction of sp³-hybridized carbons (Fsp3) is 0.400. The highest BCUT2D eigenvalue weighted by Gasteiger charge is 2.12. The summed E-state index contributed by atoms with van der Waals surface area (Å²) in [6.07, 6.45) is 6.54. The van der Waals surface area contributed by atoms with Crippen molar-refractivity contribution >= 4 is 21.9 Å². The van der Waals surface area contributed by atoms with Gasteiger partial charge in [0.05, 0.1) is 0 Å². The van der Waals surface area contributed by atoms with Crippen LogP contribution in [0.15, 0.2) is 46.9 Å². The largest absolute Gasteiger partial charge is 0.456 e. The molecule has 0 aliphatic carbocycles. The maximum atomic E-state index is 5.98. The summed E-state index contributed by atoms with van der Waals surface area (Å²) >= 11 is 0. The monoisotopic (exact) mass is 293 g/mol. The van der Waals surface area contributed by atoms with E-state index >= 15 is 0 Å². The third-order valence-corrected chi connectivity index (χ3v) is 4.86. The van der Waals surface area contributed by atoms with Crippen molar-refractivity contribution in [2.75, 3.05) is 19.6 Å². The minimum absolute atomic E-state index is 1.00. The second kappa shape index (κ2) is 6.13. The van der Waals surface area contributed by atoms with E-state index in [4.69, 9.17) is 4.42 Å². The zero-order valence-corrected chi connectivity index (χ0v) is 13.1. The highest BCUT2D eigenvalue weighted by Crippen LogP contribution is 2.31. The van der Waals surface area contributed by atoms with Crippen LogP contribution in [0.4, 0.5) is 0 Å². The average molecular weight is 293 g/mol. The number of hydrogen-bond acceptors (Lipinski definition) is 2. The van der Waals surface area contributed by atoms with Gasteiger partial charge < -0.3 is 9.32 Å². The van der Waals surface area contributed by atoms with E-state index in [1.165, 1.54) is 61.7 Å². The van der Waals surface area contributed by atoms with E-state index in [9.17, 15) is 0 Å². The van der Waals surface area contributed by atoms with E-state index < -0.39 is 0 Å². The van der Waals surface area contributed by atoms with Crippen molar-refractivity contribution in [3.63, 3.8) is 0 Å². The molecule has 0 atom stereocenters. The van der Waals surface area contributed by atoms with Gasteiger partial charge in [-0.15, -0.1) is 0 Å². The first-order valence-corrected chi connectivity index (χ1v) is 8.53. The second-order valence-corrected chi connectivity index (χ2v) is 6.39. The summed E-state index contributed by atoms with van der Waals surface area (Å²) in [5.74, 6) is 0. The summed E-state index contributed by atoms with van der Waals surface area (Å²) in [6, 6.07) is 14.9. The van der Waals surface area contributed by atoms with Crippen molar-refractivity contribution in [2.45, 2.75) is 32.1 Å². The zero-order valence-electron chi connectivity index (χ0n) is 13.1. The number of furan rings is 1. The number of piperidine rings is 1. The molecule has 2 nitrogen and oxygen atoms in total. The second-order valence-electron chi connectivity index (χ2n) is 6.39. The fourth-order valence-electron chi connectivity index (χ4n) is 3.73. The number of nitrogens with zero attached hydrogens (tertiary/aromatic N) is 1. The van der Waals surface area contributed by atoms with Crippen LogP contribution in [0.1, 0.15) is 31.2 Å². The molecule has 1 saturated heterocycles. The molecule has 0 saturated carbocycles. The molecular weight excluding hydrogens is 270 g/mol. The number of fused-ring (bicyclic) bond motifs is 3. The number of rotatable bonds is 4. The minimum Gasteiger partial charge on any atom is -0.456 e. The smallest absolute Gasteiger partial charge is 0.135 e. The standard InChI is InChI=1S/C20H23NO/c1-4-13-21(14-5-1)15-7-9-16-8-6-12-19-20(16)17-10-2-3-11-18(17)22-19/h2-3,6,8,10-12H,1,4-5,7,9,13-15H2. The SMILES string of the molecule is c1ccc2c(c1)oc1cccc(CCCN3CCCCC3)c12. The first-order valence-electron chi connectivity index (χ1n) is 8.53. The van der Waals surface area contributed by atoms with Crippen molar-refractivity contribution in [3.05, 3.63) is 48.0 Å². The Morgan fingerprint density at radius 1 is 0.864 bits per heavy atom. The van der Waals surface area contributed by atoms with Crippen LogP contribution < -0.4 is 0 Å². The molecule has 1 aliphatic rings. The molecule has 0 radical (unpaired) electrons. The van der Waals surface area contributed by atoms with E-state index in [1.807, 2.05) is 6.07 Å². The van der Waals surface area contributed by atoms with E-state index in [0.717, 1.165) is 17.6 Å². The van der Waals surface area contributed by atoms with Gasteiger partial charge in [0.25, 0.3) is 0 Å². The average Bonchev–Trinajstić information content (AvgIpc) is 2.95. The number of benzene rings is 2. The lowest BCUT2D eigenvalue weighted by molar-refractivity contribution is 0.226. The van der Waals surface area contributed by atoms with Gasteiger partial charge in [0.15, 0.2) is 0 Å². The Hall–Kier alpha value is -1.80. The van der Waals surface area contributed by atoms with Crippen LogP contribution >= 0.6 is 0 Å². The lowest BCUT2D eigenvalue weighted by Crippen LogP contribution is -2.30. The molecule has 4 rings (SSSR count). The van der Waals surface area contributed by atoms with Gasteiger partial charge in [-0.2, -0.15) is 0 Å². The Morgan fingerprint density at radius 2 is 1.68 bits per heavy atom. The Bertz CT molecular complexity index is 768. The third kappa shape index (κ3) is 2.64. The summed E-state index contributed by atoms with van der Waals surface area (Å²) in [5, 5.41) is 2.57. The maximum Gasteiger partial charge on any atom is 0.135 e. The summed E-state index contributed by atoms with van der Waals surface area (Å²) < 4.78 is 5.98. The summed E-state index contributed by atoms with van der Waals surface area (Å²) in [5.41, 5.74) is 3.46. The lowest BCUT2D eigenvalue weighted by Gasteiger charge is -2.26. The van der Waals surface area contributed by atoms with Crippen molar-refractivity contribution in [3.8, 4) is 0 Å². The summed E-state index contributed by atoms with van der Waals surface area (Å²) in [6.45, 7) is 3.81. The number of para-hydroxylation sites is 1. The van der Waals surface area contributed by atoms with E-state index in [-0.39, 0.29) is 0 Å². The molecule has 1 aromatic heterocycles. The normalized spacial score (nSPS) is 16.5. The van der Waals surface area contributed by atoms with Crippen LogP contribution in [-0.4, -0.2) is 24.5 Å². The van der Waals surface area contributed by atoms with Crippen molar-refractivity contribution < 1.29 is 4.42 Å². The van der Waals surface area contributed by atoms with Gasteiger partial charge in [-0.05, 0) is 63.0 Å². The predicted octanol–water partition coefficient (Wildman–Crippen LogP) is 5.00. The van der Waals surface area contributed by atoms with Crippen LogP contribution in [0, 0.1) is 0 Å². The van der Waals surface area contributed by atoms with Crippen molar-refractivity contribution in [2.24, 2.45) is 0 Å². The Kier molecular flexibility index (Phi) is 3.86. The fourth-order valence-corrected chi connectivity index (χ4v) is 3.73. The van der Waals surface area contributed by atoms with E-state index in [0.29, 0.717) is 0 Å². The van der Waals surface area contributed by atoms with Gasteiger partial charge in [-0.3, -0.25) is 0 Å². The third-order valence-electron chi connectivity index (χ3n) is 4.86. The van der Waals surface area contributed by atoms with Crippen LogP contribution in [0.25, 0.3) is 21.9 Å². The van der Waals surface area contributed by atoms with Crippen LogP contribution in [-0.2, 0) is 6.42 Å². The number of aryl methyl sites for hydroxylation is 1. The molecule has 0 unspecified atom stereocenters. The van der Waals surface area contributed by atoms with Crippen LogP contribution in [0.2, 0.25) is 0 Å². The highest BCUT2D eigenvalue weighted by atomic mass is 16.3. The van der Waals surface area contributed by atoms with Gasteiger partial charge in [0.2, 0.25) is 0 Å². The molecule has 22 heavy (non-hydrogen) atoms. The van der Waals surface area contributed by atoms with Gasteiger partial charge in [0.1, 0.15) is 11.2 Å². The predicted molar refractivity (Wildman–Crippen MR) is 92.3 cm³/mol. The molecule has 2 heterocycles. The number of hydrogen-bond donors (Lipinski definition) is 0. The van der Waals surface area contributed by atoms with Gasteiger partial charge in [-0.25, -0.2) is 0 Å².